The Morgan fingerprint density at radius 1 is 1.17 bits per heavy atom. The minimum Gasteiger partial charge on any atom is -0.351 e. The number of hydrogen-bond acceptors (Lipinski definition) is 2. The summed E-state index contributed by atoms with van der Waals surface area (Å²) >= 11 is 0. The lowest BCUT2D eigenvalue weighted by Crippen LogP contribution is -2.38. The predicted molar refractivity (Wildman–Crippen MR) is 90.2 cm³/mol. The summed E-state index contributed by atoms with van der Waals surface area (Å²) < 4.78 is 0. The molecule has 118 valence electrons. The van der Waals surface area contributed by atoms with E-state index in [1.54, 1.807) is 4.90 Å². The molecular weight excluding hydrogens is 288 g/mol. The quantitative estimate of drug-likeness (QED) is 0.943. The zero-order valence-corrected chi connectivity index (χ0v) is 13.2. The summed E-state index contributed by atoms with van der Waals surface area (Å²) in [5.74, 6) is 0.0142. The Bertz CT molecular complexity index is 712. The summed E-state index contributed by atoms with van der Waals surface area (Å²) in [6, 6.07) is 17.4. The molecule has 1 N–H and O–H groups in total. The Kier molecular flexibility index (Phi) is 4.42. The monoisotopic (exact) mass is 308 g/mol. The highest BCUT2D eigenvalue weighted by molar-refractivity contribution is 5.96. The molecule has 0 unspecified atom stereocenters. The maximum atomic E-state index is 12.2. The Balaban J connectivity index is 1.59. The fourth-order valence-electron chi connectivity index (χ4n) is 2.95. The third-order valence-corrected chi connectivity index (χ3v) is 4.01. The van der Waals surface area contributed by atoms with E-state index >= 15 is 0 Å². The van der Waals surface area contributed by atoms with Crippen molar-refractivity contribution in [3.63, 3.8) is 0 Å². The van der Waals surface area contributed by atoms with Crippen LogP contribution >= 0.6 is 0 Å². The predicted octanol–water partition coefficient (Wildman–Crippen LogP) is 2.46. The van der Waals surface area contributed by atoms with Gasteiger partial charge in [0.2, 0.25) is 11.8 Å². The van der Waals surface area contributed by atoms with Gasteiger partial charge in [0, 0.05) is 18.7 Å². The number of anilines is 1. The Hall–Kier alpha value is -2.62. The summed E-state index contributed by atoms with van der Waals surface area (Å²) in [4.78, 5) is 26.1. The minimum atomic E-state index is -0.125. The molecule has 1 saturated heterocycles. The summed E-state index contributed by atoms with van der Waals surface area (Å²) in [7, 11) is 0. The normalized spacial score (nSPS) is 17.3. The van der Waals surface area contributed by atoms with Crippen molar-refractivity contribution in [2.75, 3.05) is 11.4 Å². The molecule has 1 aliphatic rings. The van der Waals surface area contributed by atoms with Gasteiger partial charge < -0.3 is 10.2 Å². The van der Waals surface area contributed by atoms with Gasteiger partial charge in [0.1, 0.15) is 0 Å². The van der Waals surface area contributed by atoms with Crippen LogP contribution in [0.4, 0.5) is 5.69 Å². The van der Waals surface area contributed by atoms with Crippen LogP contribution in [-0.2, 0) is 16.0 Å². The average molecular weight is 308 g/mol. The van der Waals surface area contributed by atoms with Gasteiger partial charge in [-0.1, -0.05) is 48.0 Å². The zero-order valence-electron chi connectivity index (χ0n) is 13.2. The van der Waals surface area contributed by atoms with Gasteiger partial charge in [0.15, 0.2) is 0 Å². The van der Waals surface area contributed by atoms with Gasteiger partial charge in [0.05, 0.1) is 12.5 Å². The van der Waals surface area contributed by atoms with Crippen molar-refractivity contribution in [1.82, 2.24) is 5.32 Å². The topological polar surface area (TPSA) is 49.4 Å². The molecule has 1 heterocycles. The number of rotatable bonds is 4. The average Bonchev–Trinajstić information content (AvgIpc) is 2.88. The first-order valence-electron chi connectivity index (χ1n) is 7.82. The van der Waals surface area contributed by atoms with Crippen LogP contribution in [0.2, 0.25) is 0 Å². The molecule has 1 aliphatic heterocycles. The van der Waals surface area contributed by atoms with Crippen molar-refractivity contribution in [3.05, 3.63) is 65.7 Å². The molecule has 1 atom stereocenters. The van der Waals surface area contributed by atoms with Gasteiger partial charge in [-0.15, -0.1) is 0 Å². The third-order valence-electron chi connectivity index (χ3n) is 4.01. The molecule has 0 bridgehead atoms. The van der Waals surface area contributed by atoms with E-state index < -0.39 is 0 Å². The first kappa shape index (κ1) is 15.3. The van der Waals surface area contributed by atoms with Crippen LogP contribution in [0.5, 0.6) is 0 Å². The highest BCUT2D eigenvalue weighted by atomic mass is 16.2. The standard InChI is InChI=1S/C19H20N2O2/c1-14-6-5-7-15(10-14)11-18(22)20-16-12-19(23)21(13-16)17-8-3-2-4-9-17/h2-10,16H,11-13H2,1H3,(H,20,22)/t16-/m0/s1. The summed E-state index contributed by atoms with van der Waals surface area (Å²) in [6.07, 6.45) is 0.701. The number of nitrogens with one attached hydrogen (secondary N) is 1. The lowest BCUT2D eigenvalue weighted by atomic mass is 10.1. The van der Waals surface area contributed by atoms with E-state index in [1.165, 1.54) is 0 Å². The Morgan fingerprint density at radius 2 is 1.96 bits per heavy atom. The zero-order chi connectivity index (χ0) is 16.2. The molecule has 4 nitrogen and oxygen atoms in total. The summed E-state index contributed by atoms with van der Waals surface area (Å²) in [5.41, 5.74) is 3.02. The Morgan fingerprint density at radius 3 is 2.70 bits per heavy atom. The second kappa shape index (κ2) is 6.65. The van der Waals surface area contributed by atoms with Crippen LogP contribution in [0.1, 0.15) is 17.5 Å². The van der Waals surface area contributed by atoms with Crippen molar-refractivity contribution in [3.8, 4) is 0 Å². The van der Waals surface area contributed by atoms with Crippen LogP contribution in [0.3, 0.4) is 0 Å². The van der Waals surface area contributed by atoms with E-state index in [9.17, 15) is 9.59 Å². The number of carbonyl (C=O) groups is 2. The highest BCUT2D eigenvalue weighted by Crippen LogP contribution is 2.21. The lowest BCUT2D eigenvalue weighted by Gasteiger charge is -2.17. The van der Waals surface area contributed by atoms with Crippen LogP contribution < -0.4 is 10.2 Å². The molecule has 0 spiro atoms. The van der Waals surface area contributed by atoms with Gasteiger partial charge in [-0.05, 0) is 24.6 Å². The van der Waals surface area contributed by atoms with Crippen molar-refractivity contribution in [2.24, 2.45) is 0 Å². The maximum Gasteiger partial charge on any atom is 0.229 e. The number of carbonyl (C=O) groups excluding carboxylic acids is 2. The molecule has 2 amide bonds. The molecule has 0 radical (unpaired) electrons. The molecule has 2 aromatic rings. The lowest BCUT2D eigenvalue weighted by molar-refractivity contribution is -0.121. The number of nitrogens with zero attached hydrogens (tertiary/aromatic N) is 1. The van der Waals surface area contributed by atoms with Gasteiger partial charge in [-0.3, -0.25) is 9.59 Å². The third kappa shape index (κ3) is 3.77. The number of aryl methyl sites for hydroxylation is 1. The molecule has 3 rings (SSSR count). The maximum absolute atomic E-state index is 12.2. The van der Waals surface area contributed by atoms with Crippen LogP contribution in [-0.4, -0.2) is 24.4 Å². The number of benzene rings is 2. The molecular formula is C19H20N2O2. The largest absolute Gasteiger partial charge is 0.351 e. The van der Waals surface area contributed by atoms with E-state index in [2.05, 4.69) is 5.32 Å². The molecule has 0 saturated carbocycles. The first-order chi connectivity index (χ1) is 11.1. The van der Waals surface area contributed by atoms with Crippen LogP contribution in [0, 0.1) is 6.92 Å². The molecule has 4 heteroatoms. The van der Waals surface area contributed by atoms with E-state index in [0.717, 1.165) is 16.8 Å². The van der Waals surface area contributed by atoms with Gasteiger partial charge >= 0.3 is 0 Å². The van der Waals surface area contributed by atoms with E-state index in [0.29, 0.717) is 19.4 Å². The summed E-state index contributed by atoms with van der Waals surface area (Å²) in [6.45, 7) is 2.54. The molecule has 2 aromatic carbocycles. The van der Waals surface area contributed by atoms with Crippen molar-refractivity contribution >= 4 is 17.5 Å². The van der Waals surface area contributed by atoms with Crippen LogP contribution in [0.25, 0.3) is 0 Å². The second-order valence-corrected chi connectivity index (χ2v) is 5.97. The van der Waals surface area contributed by atoms with Gasteiger partial charge in [-0.2, -0.15) is 0 Å². The number of para-hydroxylation sites is 1. The van der Waals surface area contributed by atoms with E-state index in [-0.39, 0.29) is 17.9 Å². The number of amides is 2. The number of hydrogen-bond donors (Lipinski definition) is 1. The summed E-state index contributed by atoms with van der Waals surface area (Å²) in [5, 5.41) is 2.98. The fourth-order valence-corrected chi connectivity index (χ4v) is 2.95. The second-order valence-electron chi connectivity index (χ2n) is 5.97. The minimum absolute atomic E-state index is 0.0386. The van der Waals surface area contributed by atoms with Crippen LogP contribution in [0.15, 0.2) is 54.6 Å². The van der Waals surface area contributed by atoms with Crippen molar-refractivity contribution in [2.45, 2.75) is 25.8 Å². The van der Waals surface area contributed by atoms with Crippen molar-refractivity contribution in [1.29, 1.82) is 0 Å². The Labute approximate surface area is 136 Å². The molecule has 0 aromatic heterocycles. The highest BCUT2D eigenvalue weighted by Gasteiger charge is 2.31. The molecule has 1 fully saturated rings. The van der Waals surface area contributed by atoms with E-state index in [1.807, 2.05) is 61.5 Å². The molecule has 0 aliphatic carbocycles. The fraction of sp³-hybridized carbons (Fsp3) is 0.263. The first-order valence-corrected chi connectivity index (χ1v) is 7.82. The van der Waals surface area contributed by atoms with Gasteiger partial charge in [-0.25, -0.2) is 0 Å². The SMILES string of the molecule is Cc1cccc(CC(=O)N[C@H]2CC(=O)N(c3ccccc3)C2)c1. The van der Waals surface area contributed by atoms with E-state index in [4.69, 9.17) is 0 Å². The molecule has 23 heavy (non-hydrogen) atoms. The van der Waals surface area contributed by atoms with Gasteiger partial charge in [0.25, 0.3) is 0 Å². The van der Waals surface area contributed by atoms with Crippen molar-refractivity contribution < 1.29 is 9.59 Å². The smallest absolute Gasteiger partial charge is 0.229 e.